The number of fused-ring (bicyclic) bond motifs is 9. The average Bonchev–Trinajstić information content (AvgIpc) is 3.35. The van der Waals surface area contributed by atoms with Gasteiger partial charge in [0.2, 0.25) is 0 Å². The smallest absolute Gasteiger partial charge is 0.161 e. The molecule has 0 bridgehead atoms. The van der Waals surface area contributed by atoms with Crippen LogP contribution in [-0.2, 0) is 33.6 Å². The topological polar surface area (TPSA) is 149 Å². The molecule has 6 unspecified atom stereocenters. The molecule has 6 aliphatic rings. The van der Waals surface area contributed by atoms with Crippen molar-refractivity contribution in [2.45, 2.75) is 144 Å². The van der Waals surface area contributed by atoms with E-state index in [1.54, 1.807) is 18.2 Å². The Labute approximate surface area is 439 Å². The molecule has 3 fully saturated rings. The molecule has 6 atom stereocenters. The number of Topliss-reactive ketones (excluding diaryl/α,β-unsaturated/α-hetero) is 3. The number of phenolic OH excluding ortho intramolecular Hbond substituents is 3. The zero-order chi connectivity index (χ0) is 53.2. The maximum atomic E-state index is 12.8. The number of halogens is 2. The summed E-state index contributed by atoms with van der Waals surface area (Å²) in [6, 6.07) is 11.3. The van der Waals surface area contributed by atoms with E-state index >= 15 is 0 Å². The summed E-state index contributed by atoms with van der Waals surface area (Å²) in [6.45, 7) is 20.8. The molecular formula is C60H85F2N3O9. The van der Waals surface area contributed by atoms with Crippen LogP contribution < -0.4 is 14.2 Å². The highest BCUT2D eigenvalue weighted by Crippen LogP contribution is 2.46. The fraction of sp³-hybridized carbons (Fsp3) is 0.650. The Kier molecular flexibility index (Phi) is 20.2. The number of alkyl halides is 2. The molecule has 0 aromatic heterocycles. The number of ether oxygens (including phenoxy) is 3. The van der Waals surface area contributed by atoms with Gasteiger partial charge in [0.25, 0.3) is 0 Å². The van der Waals surface area contributed by atoms with Gasteiger partial charge in [0, 0.05) is 107 Å². The lowest BCUT2D eigenvalue weighted by atomic mass is 9.80. The number of carbonyl (C=O) groups is 3. The second-order valence-corrected chi connectivity index (χ2v) is 23.0. The molecular weight excluding hydrogens is 945 g/mol. The van der Waals surface area contributed by atoms with E-state index in [1.807, 2.05) is 6.07 Å². The number of hydrogen-bond acceptors (Lipinski definition) is 12. The van der Waals surface area contributed by atoms with E-state index in [2.05, 4.69) is 75.3 Å². The Morgan fingerprint density at radius 3 is 1.27 bits per heavy atom. The van der Waals surface area contributed by atoms with Crippen LogP contribution in [0.5, 0.6) is 34.5 Å². The molecule has 6 aliphatic heterocycles. The largest absolute Gasteiger partial charge is 0.504 e. The van der Waals surface area contributed by atoms with Gasteiger partial charge in [-0.1, -0.05) is 48.5 Å². The van der Waals surface area contributed by atoms with Gasteiger partial charge >= 0.3 is 0 Å². The standard InChI is InChI=1S/C23H34FNO3.C20H28FNO3.C17H23NO3/c1-4-9-27-23-13-19-17(12-22(23)28-10-5-7-24)6-8-25-15-18(11-16(2)3)21(26)14-20(19)25;1-13(2)8-15-12-22-6-4-14-9-20(25-7-3-5-21)19(24)10-16(14)17(22)11-18(15)23;1-10(2)5-12-9-18-4-3-11-6-16(20)17(21)7-13(11)14(18)8-15(12)19/h12-13,16,18,20H,4-11,14-15H2,1-3H3;9-10,13,15,17,24H,3-8,11-12H2,1-2H3;6-7,10,12,14,20-21H,3-5,8-9H2,1-2H3. The van der Waals surface area contributed by atoms with E-state index in [1.165, 1.54) is 11.1 Å². The van der Waals surface area contributed by atoms with E-state index in [4.69, 9.17) is 14.2 Å². The van der Waals surface area contributed by atoms with E-state index in [9.17, 15) is 38.5 Å². The number of aromatic hydroxyl groups is 3. The van der Waals surface area contributed by atoms with Crippen molar-refractivity contribution in [3.63, 3.8) is 0 Å². The van der Waals surface area contributed by atoms with Crippen LogP contribution >= 0.6 is 0 Å². The molecule has 3 aromatic rings. The third-order valence-corrected chi connectivity index (χ3v) is 15.8. The van der Waals surface area contributed by atoms with Crippen LogP contribution in [0.3, 0.4) is 0 Å². The lowest BCUT2D eigenvalue weighted by molar-refractivity contribution is -0.130. The van der Waals surface area contributed by atoms with Gasteiger partial charge in [-0.05, 0) is 132 Å². The highest BCUT2D eigenvalue weighted by atomic mass is 19.1. The van der Waals surface area contributed by atoms with Gasteiger partial charge in [-0.15, -0.1) is 0 Å². The summed E-state index contributed by atoms with van der Waals surface area (Å²) in [7, 11) is 0. The van der Waals surface area contributed by atoms with Crippen molar-refractivity contribution in [3.8, 4) is 34.5 Å². The highest BCUT2D eigenvalue weighted by Gasteiger charge is 2.41. The molecule has 3 saturated heterocycles. The monoisotopic (exact) mass is 1030 g/mol. The lowest BCUT2D eigenvalue weighted by Gasteiger charge is -2.43. The van der Waals surface area contributed by atoms with Crippen LogP contribution in [0.1, 0.15) is 158 Å². The maximum absolute atomic E-state index is 12.8. The number of benzene rings is 3. The average molecular weight is 1030 g/mol. The predicted octanol–water partition coefficient (Wildman–Crippen LogP) is 11.0. The van der Waals surface area contributed by atoms with E-state index in [0.717, 1.165) is 112 Å². The van der Waals surface area contributed by atoms with Crippen molar-refractivity contribution in [2.75, 3.05) is 72.4 Å². The minimum absolute atomic E-state index is 0.0606. The summed E-state index contributed by atoms with van der Waals surface area (Å²) in [5.74, 6) is 4.88. The first-order valence-electron chi connectivity index (χ1n) is 27.9. The van der Waals surface area contributed by atoms with Gasteiger partial charge < -0.3 is 29.5 Å². The Morgan fingerprint density at radius 1 is 0.500 bits per heavy atom. The summed E-state index contributed by atoms with van der Waals surface area (Å²) in [5.41, 5.74) is 6.67. The Balaban J connectivity index is 0.000000164. The first kappa shape index (κ1) is 56.9. The molecule has 0 spiro atoms. The normalized spacial score (nSPS) is 23.6. The lowest BCUT2D eigenvalue weighted by Crippen LogP contribution is -2.46. The zero-order valence-corrected chi connectivity index (χ0v) is 45.3. The van der Waals surface area contributed by atoms with E-state index < -0.39 is 6.67 Å². The molecule has 0 aliphatic carbocycles. The Hall–Kier alpha value is -4.79. The number of ketones is 3. The molecule has 408 valence electrons. The Bertz CT molecular complexity index is 2390. The fourth-order valence-corrected chi connectivity index (χ4v) is 12.3. The van der Waals surface area contributed by atoms with Gasteiger partial charge in [0.15, 0.2) is 34.5 Å². The molecule has 74 heavy (non-hydrogen) atoms. The van der Waals surface area contributed by atoms with Crippen LogP contribution in [0.25, 0.3) is 0 Å². The summed E-state index contributed by atoms with van der Waals surface area (Å²) in [5, 5.41) is 29.7. The van der Waals surface area contributed by atoms with Crippen LogP contribution in [-0.4, -0.2) is 120 Å². The summed E-state index contributed by atoms with van der Waals surface area (Å²) < 4.78 is 41.9. The zero-order valence-electron chi connectivity index (χ0n) is 45.3. The third kappa shape index (κ3) is 14.2. The van der Waals surface area contributed by atoms with Crippen LogP contribution in [0.15, 0.2) is 36.4 Å². The minimum Gasteiger partial charge on any atom is -0.504 e. The summed E-state index contributed by atoms with van der Waals surface area (Å²) >= 11 is 0. The second-order valence-electron chi connectivity index (χ2n) is 23.0. The van der Waals surface area contributed by atoms with Crippen molar-refractivity contribution in [2.24, 2.45) is 35.5 Å². The van der Waals surface area contributed by atoms with Gasteiger partial charge in [0.1, 0.15) is 17.3 Å². The van der Waals surface area contributed by atoms with Gasteiger partial charge in [-0.25, -0.2) is 0 Å². The first-order chi connectivity index (χ1) is 35.5. The molecule has 9 rings (SSSR count). The predicted molar refractivity (Wildman–Crippen MR) is 284 cm³/mol. The number of nitrogens with zero attached hydrogens (tertiary/aromatic N) is 3. The van der Waals surface area contributed by atoms with Gasteiger partial charge in [-0.3, -0.25) is 37.9 Å². The molecule has 6 heterocycles. The number of piperidine rings is 3. The fourth-order valence-electron chi connectivity index (χ4n) is 12.3. The number of carbonyl (C=O) groups excluding carboxylic acids is 3. The summed E-state index contributed by atoms with van der Waals surface area (Å²) in [4.78, 5) is 45.0. The molecule has 14 heteroatoms. The SMILES string of the molecule is CC(C)CC1CN2CCc3cc(O)c(O)cc3C2CC1=O.CC(C)CC1CN2CCc3cc(OCCCF)c(O)cc3C2CC1=O.CCCOc1cc2c(cc1OCCCF)CCN1CC(CC(C)C)C(=O)CC21. The molecule has 12 nitrogen and oxygen atoms in total. The minimum atomic E-state index is -0.428. The maximum Gasteiger partial charge on any atom is 0.161 e. The van der Waals surface area contributed by atoms with Gasteiger partial charge in [-0.2, -0.15) is 0 Å². The molecule has 0 radical (unpaired) electrons. The Morgan fingerprint density at radius 2 is 0.851 bits per heavy atom. The molecule has 0 saturated carbocycles. The second kappa shape index (κ2) is 26.3. The highest BCUT2D eigenvalue weighted by molar-refractivity contribution is 5.84. The van der Waals surface area contributed by atoms with E-state index in [0.29, 0.717) is 91.9 Å². The van der Waals surface area contributed by atoms with Crippen LogP contribution in [0.4, 0.5) is 8.78 Å². The van der Waals surface area contributed by atoms with Crippen molar-refractivity contribution < 1.29 is 52.7 Å². The number of rotatable bonds is 17. The quantitative estimate of drug-likeness (QED) is 0.0873. The first-order valence-corrected chi connectivity index (χ1v) is 27.9. The summed E-state index contributed by atoms with van der Waals surface area (Å²) in [6.07, 6.45) is 8.80. The molecule has 0 amide bonds. The van der Waals surface area contributed by atoms with Gasteiger partial charge in [0.05, 0.1) is 33.2 Å². The van der Waals surface area contributed by atoms with Crippen molar-refractivity contribution in [1.29, 1.82) is 0 Å². The van der Waals surface area contributed by atoms with Crippen LogP contribution in [0.2, 0.25) is 0 Å². The van der Waals surface area contributed by atoms with Crippen molar-refractivity contribution in [1.82, 2.24) is 14.7 Å². The van der Waals surface area contributed by atoms with Crippen molar-refractivity contribution >= 4 is 17.3 Å². The van der Waals surface area contributed by atoms with E-state index in [-0.39, 0.29) is 66.4 Å². The molecule has 3 N–H and O–H groups in total. The van der Waals surface area contributed by atoms with Crippen LogP contribution in [0, 0.1) is 35.5 Å². The third-order valence-electron chi connectivity index (χ3n) is 15.8. The molecule has 3 aromatic carbocycles. The van der Waals surface area contributed by atoms with Crippen molar-refractivity contribution in [3.05, 3.63) is 69.8 Å². The number of hydrogen-bond donors (Lipinski definition) is 3. The number of phenols is 3.